The molecule has 0 fully saturated rings. The minimum atomic E-state index is -0.189. The van der Waals surface area contributed by atoms with E-state index >= 15 is 0 Å². The second kappa shape index (κ2) is 13.0. The Bertz CT molecular complexity index is 2070. The lowest BCUT2D eigenvalue weighted by atomic mass is 9.70. The average Bonchev–Trinajstić information content (AvgIpc) is 3.58. The molecule has 1 spiro atoms. The summed E-state index contributed by atoms with van der Waals surface area (Å²) in [7, 11) is 0. The summed E-state index contributed by atoms with van der Waals surface area (Å²) in [5, 5.41) is 0. The first kappa shape index (κ1) is 30.7. The van der Waals surface area contributed by atoms with E-state index in [9.17, 15) is 0 Å². The zero-order chi connectivity index (χ0) is 32.4. The van der Waals surface area contributed by atoms with Crippen LogP contribution in [0.1, 0.15) is 38.9 Å². The quantitative estimate of drug-likeness (QED) is 0.163. The van der Waals surface area contributed by atoms with Gasteiger partial charge in [-0.2, -0.15) is 0 Å². The van der Waals surface area contributed by atoms with E-state index in [0.29, 0.717) is 0 Å². The number of fused-ring (bicyclic) bond motifs is 10. The number of hydrogen-bond acceptors (Lipinski definition) is 0. The fourth-order valence-electron chi connectivity index (χ4n) is 7.12. The Morgan fingerprint density at radius 3 is 1.21 bits per heavy atom. The monoisotopic (exact) mass is 668 g/mol. The van der Waals surface area contributed by atoms with E-state index in [1.54, 1.807) is 0 Å². The third-order valence-corrected chi connectivity index (χ3v) is 9.85. The molecule has 0 aromatic heterocycles. The van der Waals surface area contributed by atoms with E-state index in [1.807, 2.05) is 18.2 Å². The van der Waals surface area contributed by atoms with Crippen molar-refractivity contribution < 1.29 is 0 Å². The lowest BCUT2D eigenvalue weighted by Crippen LogP contribution is -2.25. The Balaban J connectivity index is 0.000000139. The van der Waals surface area contributed by atoms with Crippen molar-refractivity contribution in [1.82, 2.24) is 0 Å². The molecular formula is C46H37Br. The first-order valence-corrected chi connectivity index (χ1v) is 17.0. The third kappa shape index (κ3) is 5.66. The summed E-state index contributed by atoms with van der Waals surface area (Å²) in [6.45, 7) is 6.38. The van der Waals surface area contributed by atoms with Crippen molar-refractivity contribution in [3.63, 3.8) is 0 Å². The van der Waals surface area contributed by atoms with Crippen molar-refractivity contribution in [3.8, 4) is 33.4 Å². The minimum Gasteiger partial charge on any atom is -0.0622 e. The van der Waals surface area contributed by atoms with Crippen LogP contribution >= 0.6 is 15.9 Å². The van der Waals surface area contributed by atoms with Crippen molar-refractivity contribution in [1.29, 1.82) is 0 Å². The molecule has 0 saturated heterocycles. The number of hydrogen-bond donors (Lipinski definition) is 0. The highest BCUT2D eigenvalue weighted by Gasteiger charge is 2.51. The fraction of sp³-hybridized carbons (Fsp3) is 0.0870. The minimum absolute atomic E-state index is 0.189. The van der Waals surface area contributed by atoms with Crippen LogP contribution in [0.25, 0.3) is 33.4 Å². The van der Waals surface area contributed by atoms with Crippen LogP contribution in [0.2, 0.25) is 0 Å². The summed E-state index contributed by atoms with van der Waals surface area (Å²) in [5.41, 5.74) is 17.4. The zero-order valence-electron chi connectivity index (χ0n) is 27.0. The Morgan fingerprint density at radius 1 is 0.340 bits per heavy atom. The summed E-state index contributed by atoms with van der Waals surface area (Å²) >= 11 is 3.35. The van der Waals surface area contributed by atoms with E-state index in [4.69, 9.17) is 0 Å². The van der Waals surface area contributed by atoms with Gasteiger partial charge < -0.3 is 0 Å². The molecule has 9 rings (SSSR count). The summed E-state index contributed by atoms with van der Waals surface area (Å²) < 4.78 is 1.14. The predicted octanol–water partition coefficient (Wildman–Crippen LogP) is 12.8. The van der Waals surface area contributed by atoms with E-state index < -0.39 is 0 Å². The highest BCUT2D eigenvalue weighted by molar-refractivity contribution is 9.10. The molecule has 0 heterocycles. The molecule has 0 amide bonds. The van der Waals surface area contributed by atoms with E-state index in [0.717, 1.165) is 4.47 Å². The van der Waals surface area contributed by atoms with Gasteiger partial charge in [0.25, 0.3) is 0 Å². The molecule has 228 valence electrons. The Morgan fingerprint density at radius 2 is 0.723 bits per heavy atom. The third-order valence-electron chi connectivity index (χ3n) is 9.32. The smallest absolute Gasteiger partial charge is 0.0622 e. The molecule has 0 unspecified atom stereocenters. The van der Waals surface area contributed by atoms with Gasteiger partial charge in [0.15, 0.2) is 0 Å². The van der Waals surface area contributed by atoms with Crippen molar-refractivity contribution >= 4 is 15.9 Å². The van der Waals surface area contributed by atoms with Crippen LogP contribution in [0.5, 0.6) is 0 Å². The average molecular weight is 670 g/mol. The van der Waals surface area contributed by atoms with Gasteiger partial charge in [0, 0.05) is 4.47 Å². The molecule has 0 aliphatic heterocycles. The van der Waals surface area contributed by atoms with Crippen molar-refractivity contribution in [3.05, 3.63) is 213 Å². The molecule has 0 radical (unpaired) electrons. The molecule has 7 aromatic rings. The van der Waals surface area contributed by atoms with Gasteiger partial charge >= 0.3 is 0 Å². The fourth-order valence-corrected chi connectivity index (χ4v) is 7.38. The van der Waals surface area contributed by atoms with E-state index in [1.165, 1.54) is 72.3 Å². The van der Waals surface area contributed by atoms with Crippen LogP contribution in [-0.2, 0) is 5.41 Å². The normalized spacial score (nSPS) is 12.4. The molecule has 7 aromatic carbocycles. The number of aryl methyl sites for hydroxylation is 3. The van der Waals surface area contributed by atoms with E-state index in [2.05, 4.69) is 188 Å². The second-order valence-corrected chi connectivity index (χ2v) is 13.4. The van der Waals surface area contributed by atoms with Crippen molar-refractivity contribution in [2.75, 3.05) is 0 Å². The lowest BCUT2D eigenvalue weighted by molar-refractivity contribution is 0.792. The SMILES string of the molecule is Cc1ccc(-c2ccccc2)cc1.Cc1ccc(Br)cc1.Cc1ccc2c(c1)C1(c3ccccc3-c3ccccc31)c1ccccc1-2. The van der Waals surface area contributed by atoms with Gasteiger partial charge in [-0.25, -0.2) is 0 Å². The maximum atomic E-state index is 3.35. The van der Waals surface area contributed by atoms with Gasteiger partial charge in [-0.3, -0.25) is 0 Å². The summed E-state index contributed by atoms with van der Waals surface area (Å²) in [4.78, 5) is 0. The Labute approximate surface area is 287 Å². The zero-order valence-corrected chi connectivity index (χ0v) is 28.6. The topological polar surface area (TPSA) is 0 Å². The predicted molar refractivity (Wildman–Crippen MR) is 203 cm³/mol. The van der Waals surface area contributed by atoms with Gasteiger partial charge in [0.2, 0.25) is 0 Å². The number of halogens is 1. The second-order valence-electron chi connectivity index (χ2n) is 12.5. The van der Waals surface area contributed by atoms with Gasteiger partial charge in [0.1, 0.15) is 0 Å². The largest absolute Gasteiger partial charge is 0.0725 e. The molecule has 0 nitrogen and oxygen atoms in total. The van der Waals surface area contributed by atoms with Crippen molar-refractivity contribution in [2.24, 2.45) is 0 Å². The Kier molecular flexibility index (Phi) is 8.50. The first-order chi connectivity index (χ1) is 23.0. The highest BCUT2D eigenvalue weighted by Crippen LogP contribution is 2.62. The molecular weight excluding hydrogens is 632 g/mol. The molecule has 47 heavy (non-hydrogen) atoms. The summed E-state index contributed by atoms with van der Waals surface area (Å²) in [6.07, 6.45) is 0. The van der Waals surface area contributed by atoms with Gasteiger partial charge in [0.05, 0.1) is 5.41 Å². The van der Waals surface area contributed by atoms with Crippen molar-refractivity contribution in [2.45, 2.75) is 26.2 Å². The van der Waals surface area contributed by atoms with Gasteiger partial charge in [-0.1, -0.05) is 190 Å². The van der Waals surface area contributed by atoms with Crippen LogP contribution in [-0.4, -0.2) is 0 Å². The molecule has 0 saturated carbocycles. The summed E-state index contributed by atoms with van der Waals surface area (Å²) in [6, 6.07) is 61.0. The standard InChI is InChI=1S/C26H18.C13H12.C7H7Br/c1-17-14-15-21-20-10-4-7-13-24(20)26(25(21)16-17)22-11-5-2-8-18(22)19-9-3-6-12-23(19)26;1-11-7-9-13(10-8-11)12-5-3-2-4-6-12;1-6-2-4-7(8)5-3-6/h2-16H,1H3;2-10H,1H3;2-5H,1H3. The van der Waals surface area contributed by atoms with Gasteiger partial charge in [-0.15, -0.1) is 0 Å². The molecule has 2 aliphatic carbocycles. The van der Waals surface area contributed by atoms with Crippen LogP contribution in [0.4, 0.5) is 0 Å². The van der Waals surface area contributed by atoms with Crippen LogP contribution in [0.15, 0.2) is 174 Å². The van der Waals surface area contributed by atoms with Crippen LogP contribution < -0.4 is 0 Å². The van der Waals surface area contributed by atoms with Gasteiger partial charge in [-0.05, 0) is 88.5 Å². The first-order valence-electron chi connectivity index (χ1n) is 16.2. The highest BCUT2D eigenvalue weighted by atomic mass is 79.9. The molecule has 0 N–H and O–H groups in total. The van der Waals surface area contributed by atoms with Crippen LogP contribution in [0.3, 0.4) is 0 Å². The molecule has 0 bridgehead atoms. The Hall–Kier alpha value is -4.98. The molecule has 2 aliphatic rings. The maximum Gasteiger partial charge on any atom is 0.0725 e. The molecule has 1 heteroatoms. The number of benzene rings is 7. The lowest BCUT2D eigenvalue weighted by Gasteiger charge is -2.30. The van der Waals surface area contributed by atoms with E-state index in [-0.39, 0.29) is 5.41 Å². The summed E-state index contributed by atoms with van der Waals surface area (Å²) in [5.74, 6) is 0. The van der Waals surface area contributed by atoms with Crippen LogP contribution in [0, 0.1) is 20.8 Å². The molecule has 0 atom stereocenters. The number of rotatable bonds is 1. The maximum absolute atomic E-state index is 3.35.